The van der Waals surface area contributed by atoms with Gasteiger partial charge in [0, 0.05) is 6.54 Å². The normalized spacial score (nSPS) is 11.1. The Hall–Kier alpha value is -1.37. The van der Waals surface area contributed by atoms with E-state index in [0.29, 0.717) is 13.2 Å². The van der Waals surface area contributed by atoms with E-state index in [1.807, 2.05) is 24.3 Å². The minimum Gasteiger partial charge on any atom is -0.491 e. The third-order valence-electron chi connectivity index (χ3n) is 3.57. The van der Waals surface area contributed by atoms with Gasteiger partial charge >= 0.3 is 0 Å². The minimum absolute atomic E-state index is 0.692. The van der Waals surface area contributed by atoms with E-state index in [4.69, 9.17) is 4.74 Å². The molecule has 0 unspecified atom stereocenters. The fourth-order valence-corrected chi connectivity index (χ4v) is 3.98. The van der Waals surface area contributed by atoms with Gasteiger partial charge in [0.25, 0.3) is 0 Å². The Morgan fingerprint density at radius 2 is 1.88 bits per heavy atom. The summed E-state index contributed by atoms with van der Waals surface area (Å²) in [6, 6.07) is 12.2. The van der Waals surface area contributed by atoms with E-state index in [0.717, 1.165) is 44.5 Å². The molecular weight excluding hydrogens is 434 g/mol. The highest BCUT2D eigenvalue weighted by molar-refractivity contribution is 9.11. The fraction of sp³-hybridized carbons (Fsp3) is 0.278. The van der Waals surface area contributed by atoms with Crippen molar-refractivity contribution in [2.24, 2.45) is 0 Å². The summed E-state index contributed by atoms with van der Waals surface area (Å²) in [5.41, 5.74) is 3.24. The quantitative estimate of drug-likeness (QED) is 0.520. The van der Waals surface area contributed by atoms with Gasteiger partial charge in [0.2, 0.25) is 0 Å². The maximum Gasteiger partial charge on any atom is 0.147 e. The van der Waals surface area contributed by atoms with Crippen LogP contribution in [0.2, 0.25) is 0 Å². The lowest BCUT2D eigenvalue weighted by Gasteiger charge is -2.12. The van der Waals surface area contributed by atoms with Crippen LogP contribution in [0.15, 0.2) is 45.3 Å². The van der Waals surface area contributed by atoms with E-state index in [2.05, 4.69) is 66.2 Å². The van der Waals surface area contributed by atoms with Crippen LogP contribution in [0.3, 0.4) is 0 Å². The molecule has 0 fully saturated rings. The van der Waals surface area contributed by atoms with Crippen molar-refractivity contribution in [3.63, 3.8) is 0 Å². The van der Waals surface area contributed by atoms with Gasteiger partial charge in [-0.3, -0.25) is 0 Å². The summed E-state index contributed by atoms with van der Waals surface area (Å²) in [5, 5.41) is 3.42. The standard InChI is InChI=1S/C18H19Br2N3O/c1-2-7-24-18-13(19)8-12(9-14(18)20)10-21-11-17-22-15-5-3-4-6-16(15)23-17/h3-6,8-9,21H,2,7,10-11H2,1H3,(H,22,23). The maximum absolute atomic E-state index is 5.75. The van der Waals surface area contributed by atoms with Gasteiger partial charge in [-0.05, 0) is 68.1 Å². The molecule has 0 aliphatic heterocycles. The van der Waals surface area contributed by atoms with Crippen LogP contribution in [-0.2, 0) is 13.1 Å². The Morgan fingerprint density at radius 3 is 2.58 bits per heavy atom. The van der Waals surface area contributed by atoms with Crippen molar-refractivity contribution in [1.29, 1.82) is 0 Å². The predicted molar refractivity (Wildman–Crippen MR) is 104 cm³/mol. The molecule has 0 spiro atoms. The summed E-state index contributed by atoms with van der Waals surface area (Å²) in [6.45, 7) is 4.25. The Bertz CT molecular complexity index is 776. The number of halogens is 2. The van der Waals surface area contributed by atoms with Crippen LogP contribution < -0.4 is 10.1 Å². The van der Waals surface area contributed by atoms with Crippen LogP contribution in [0.1, 0.15) is 24.7 Å². The number of para-hydroxylation sites is 2. The Kier molecular flexibility index (Phi) is 5.92. The first-order valence-corrected chi connectivity index (χ1v) is 9.51. The van der Waals surface area contributed by atoms with Crippen LogP contribution in [0.25, 0.3) is 11.0 Å². The Labute approximate surface area is 158 Å². The van der Waals surface area contributed by atoms with Gasteiger partial charge in [0.15, 0.2) is 0 Å². The van der Waals surface area contributed by atoms with Crippen molar-refractivity contribution in [3.8, 4) is 5.75 Å². The van der Waals surface area contributed by atoms with Gasteiger partial charge in [-0.15, -0.1) is 0 Å². The van der Waals surface area contributed by atoms with Crippen LogP contribution in [0, 0.1) is 0 Å². The smallest absolute Gasteiger partial charge is 0.147 e. The molecule has 6 heteroatoms. The van der Waals surface area contributed by atoms with E-state index in [1.54, 1.807) is 0 Å². The number of hydrogen-bond donors (Lipinski definition) is 2. The number of aromatic nitrogens is 2. The third kappa shape index (κ3) is 4.18. The molecule has 0 saturated carbocycles. The van der Waals surface area contributed by atoms with Crippen molar-refractivity contribution in [1.82, 2.24) is 15.3 Å². The number of H-pyrrole nitrogens is 1. The van der Waals surface area contributed by atoms with E-state index >= 15 is 0 Å². The van der Waals surface area contributed by atoms with Gasteiger partial charge in [0.05, 0.1) is 33.1 Å². The van der Waals surface area contributed by atoms with E-state index < -0.39 is 0 Å². The van der Waals surface area contributed by atoms with E-state index in [-0.39, 0.29) is 0 Å². The number of rotatable bonds is 7. The molecular formula is C18H19Br2N3O. The topological polar surface area (TPSA) is 49.9 Å². The second-order valence-electron chi connectivity index (χ2n) is 5.54. The fourth-order valence-electron chi connectivity index (χ4n) is 2.47. The average molecular weight is 453 g/mol. The zero-order chi connectivity index (χ0) is 16.9. The molecule has 0 bridgehead atoms. The Morgan fingerprint density at radius 1 is 1.12 bits per heavy atom. The summed E-state index contributed by atoms with van der Waals surface area (Å²) < 4.78 is 7.68. The highest BCUT2D eigenvalue weighted by Gasteiger charge is 2.09. The Balaban J connectivity index is 1.62. The molecule has 2 aromatic carbocycles. The van der Waals surface area contributed by atoms with Crippen LogP contribution in [0.4, 0.5) is 0 Å². The number of aromatic amines is 1. The SMILES string of the molecule is CCCOc1c(Br)cc(CNCc2nc3ccccc3[nH]2)cc1Br. The molecule has 126 valence electrons. The van der Waals surface area contributed by atoms with Gasteiger partial charge in [-0.25, -0.2) is 4.98 Å². The summed E-state index contributed by atoms with van der Waals surface area (Å²) in [7, 11) is 0. The number of nitrogens with zero attached hydrogens (tertiary/aromatic N) is 1. The lowest BCUT2D eigenvalue weighted by atomic mass is 10.2. The van der Waals surface area contributed by atoms with Crippen molar-refractivity contribution >= 4 is 42.9 Å². The monoisotopic (exact) mass is 451 g/mol. The highest BCUT2D eigenvalue weighted by atomic mass is 79.9. The minimum atomic E-state index is 0.692. The first kappa shape index (κ1) is 17.5. The lowest BCUT2D eigenvalue weighted by Crippen LogP contribution is -2.13. The molecule has 0 radical (unpaired) electrons. The molecule has 3 aromatic rings. The van der Waals surface area contributed by atoms with Crippen molar-refractivity contribution < 1.29 is 4.74 Å². The number of hydrogen-bond acceptors (Lipinski definition) is 3. The number of ether oxygens (including phenoxy) is 1. The number of nitrogens with one attached hydrogen (secondary N) is 2. The van der Waals surface area contributed by atoms with Gasteiger partial charge in [-0.2, -0.15) is 0 Å². The molecule has 0 aliphatic rings. The summed E-state index contributed by atoms with van der Waals surface area (Å²) in [4.78, 5) is 7.90. The van der Waals surface area contributed by atoms with Crippen LogP contribution in [-0.4, -0.2) is 16.6 Å². The predicted octanol–water partition coefficient (Wildman–Crippen LogP) is 5.17. The molecule has 0 saturated heterocycles. The molecule has 4 nitrogen and oxygen atoms in total. The number of imidazole rings is 1. The molecule has 1 heterocycles. The molecule has 0 amide bonds. The third-order valence-corrected chi connectivity index (χ3v) is 4.75. The molecule has 0 atom stereocenters. The molecule has 1 aromatic heterocycles. The van der Waals surface area contributed by atoms with Gasteiger partial charge in [0.1, 0.15) is 11.6 Å². The summed E-state index contributed by atoms with van der Waals surface area (Å²) in [5.74, 6) is 1.80. The molecule has 2 N–H and O–H groups in total. The average Bonchev–Trinajstić information content (AvgIpc) is 2.97. The first-order valence-electron chi connectivity index (χ1n) is 7.92. The zero-order valence-electron chi connectivity index (χ0n) is 13.4. The second-order valence-corrected chi connectivity index (χ2v) is 7.25. The number of benzene rings is 2. The zero-order valence-corrected chi connectivity index (χ0v) is 16.6. The van der Waals surface area contributed by atoms with Crippen LogP contribution >= 0.6 is 31.9 Å². The molecule has 0 aliphatic carbocycles. The van der Waals surface area contributed by atoms with E-state index in [1.165, 1.54) is 5.56 Å². The van der Waals surface area contributed by atoms with E-state index in [9.17, 15) is 0 Å². The first-order chi connectivity index (χ1) is 11.7. The second kappa shape index (κ2) is 8.14. The van der Waals surface area contributed by atoms with Crippen molar-refractivity contribution in [2.45, 2.75) is 26.4 Å². The molecule has 24 heavy (non-hydrogen) atoms. The van der Waals surface area contributed by atoms with Gasteiger partial charge in [-0.1, -0.05) is 19.1 Å². The van der Waals surface area contributed by atoms with Crippen molar-refractivity contribution in [3.05, 3.63) is 56.7 Å². The number of fused-ring (bicyclic) bond motifs is 1. The van der Waals surface area contributed by atoms with Crippen molar-refractivity contribution in [2.75, 3.05) is 6.61 Å². The van der Waals surface area contributed by atoms with Crippen LogP contribution in [0.5, 0.6) is 5.75 Å². The van der Waals surface area contributed by atoms with Gasteiger partial charge < -0.3 is 15.0 Å². The largest absolute Gasteiger partial charge is 0.491 e. The lowest BCUT2D eigenvalue weighted by molar-refractivity contribution is 0.313. The highest BCUT2D eigenvalue weighted by Crippen LogP contribution is 2.34. The summed E-state index contributed by atoms with van der Waals surface area (Å²) >= 11 is 7.17. The summed E-state index contributed by atoms with van der Waals surface area (Å²) in [6.07, 6.45) is 0.986. The maximum atomic E-state index is 5.75. The molecule has 3 rings (SSSR count).